The Bertz CT molecular complexity index is 422. The van der Waals surface area contributed by atoms with E-state index in [4.69, 9.17) is 10.8 Å². The van der Waals surface area contributed by atoms with Gasteiger partial charge in [-0.05, 0) is 34.1 Å². The van der Waals surface area contributed by atoms with Crippen LogP contribution in [0.3, 0.4) is 0 Å². The zero-order chi connectivity index (χ0) is 12.1. The molecule has 7 heteroatoms. The highest BCUT2D eigenvalue weighted by molar-refractivity contribution is 9.10. The van der Waals surface area contributed by atoms with Gasteiger partial charge in [-0.25, -0.2) is 10.3 Å². The zero-order valence-electron chi connectivity index (χ0n) is 8.07. The summed E-state index contributed by atoms with van der Waals surface area (Å²) in [6.45, 7) is -0.599. The number of aliphatic carboxylic acids is 1. The molecule has 0 saturated carbocycles. The van der Waals surface area contributed by atoms with Gasteiger partial charge in [0.25, 0.3) is 5.91 Å². The van der Waals surface area contributed by atoms with E-state index in [2.05, 4.69) is 20.8 Å². The van der Waals surface area contributed by atoms with Gasteiger partial charge in [-0.1, -0.05) is 0 Å². The quantitative estimate of drug-likeness (QED) is 0.561. The van der Waals surface area contributed by atoms with Gasteiger partial charge in [0.2, 0.25) is 0 Å². The summed E-state index contributed by atoms with van der Waals surface area (Å²) in [6.07, 6.45) is 0. The Morgan fingerprint density at radius 1 is 1.50 bits per heavy atom. The molecule has 0 heterocycles. The molecule has 86 valence electrons. The monoisotopic (exact) mass is 288 g/mol. The number of halogens is 1. The lowest BCUT2D eigenvalue weighted by Gasteiger charge is -2.05. The maximum Gasteiger partial charge on any atom is 0.332 e. The van der Waals surface area contributed by atoms with E-state index in [9.17, 15) is 9.59 Å². The Labute approximate surface area is 99.5 Å². The average Bonchev–Trinajstić information content (AvgIpc) is 2.21. The highest BCUT2D eigenvalue weighted by Gasteiger charge is 2.08. The van der Waals surface area contributed by atoms with Gasteiger partial charge < -0.3 is 10.8 Å². The first-order valence-corrected chi connectivity index (χ1v) is 4.99. The Morgan fingerprint density at radius 2 is 2.19 bits per heavy atom. The van der Waals surface area contributed by atoms with Crippen molar-refractivity contribution in [1.29, 1.82) is 0 Å². The second kappa shape index (κ2) is 5.47. The molecule has 0 saturated heterocycles. The van der Waals surface area contributed by atoms with Crippen LogP contribution >= 0.6 is 15.9 Å². The van der Waals surface area contributed by atoms with Crippen LogP contribution in [0.1, 0.15) is 10.4 Å². The van der Waals surface area contributed by atoms with E-state index in [0.29, 0.717) is 10.2 Å². The fraction of sp³-hybridized carbons (Fsp3) is 0.111. The summed E-state index contributed by atoms with van der Waals surface area (Å²) in [5, 5.41) is 8.27. The smallest absolute Gasteiger partial charge is 0.332 e. The number of anilines is 1. The summed E-state index contributed by atoms with van der Waals surface area (Å²) < 4.78 is 0.676. The van der Waals surface area contributed by atoms with Crippen LogP contribution in [0.25, 0.3) is 0 Å². The minimum absolute atomic E-state index is 0.283. The van der Waals surface area contributed by atoms with E-state index in [1.54, 1.807) is 6.07 Å². The summed E-state index contributed by atoms with van der Waals surface area (Å²) in [4.78, 5) is 25.9. The predicted molar refractivity (Wildman–Crippen MR) is 59.6 cm³/mol. The third kappa shape index (κ3) is 3.52. The van der Waals surface area contributed by atoms with Gasteiger partial charge in [-0.3, -0.25) is 9.63 Å². The van der Waals surface area contributed by atoms with E-state index in [-0.39, 0.29) is 5.56 Å². The number of hydrogen-bond donors (Lipinski definition) is 3. The fourth-order valence-corrected chi connectivity index (χ4v) is 1.15. The summed E-state index contributed by atoms with van der Waals surface area (Å²) >= 11 is 3.18. The zero-order valence-corrected chi connectivity index (χ0v) is 9.65. The summed E-state index contributed by atoms with van der Waals surface area (Å²) in [5.74, 6) is -1.73. The minimum Gasteiger partial charge on any atom is -0.479 e. The normalized spacial score (nSPS) is 9.81. The standard InChI is InChI=1S/C9H9BrN2O4/c10-6-2-1-5(3-7(6)11)9(15)12-16-4-8(13)14/h1-3H,4,11H2,(H,12,15)(H,13,14). The van der Waals surface area contributed by atoms with Gasteiger partial charge in [-0.2, -0.15) is 0 Å². The number of rotatable bonds is 4. The van der Waals surface area contributed by atoms with Crippen molar-refractivity contribution in [3.8, 4) is 0 Å². The van der Waals surface area contributed by atoms with E-state index in [0.717, 1.165) is 0 Å². The predicted octanol–water partition coefficient (Wildman–Crippen LogP) is 0.777. The lowest BCUT2D eigenvalue weighted by Crippen LogP contribution is -2.26. The number of carboxylic acids is 1. The van der Waals surface area contributed by atoms with E-state index in [1.165, 1.54) is 12.1 Å². The van der Waals surface area contributed by atoms with E-state index >= 15 is 0 Å². The highest BCUT2D eigenvalue weighted by Crippen LogP contribution is 2.19. The molecular weight excluding hydrogens is 280 g/mol. The van der Waals surface area contributed by atoms with E-state index in [1.807, 2.05) is 5.48 Å². The number of carbonyl (C=O) groups excluding carboxylic acids is 1. The number of hydrogen-bond acceptors (Lipinski definition) is 4. The topological polar surface area (TPSA) is 102 Å². The van der Waals surface area contributed by atoms with Crippen LogP contribution in [-0.2, 0) is 9.63 Å². The first-order valence-electron chi connectivity index (χ1n) is 4.19. The summed E-state index contributed by atoms with van der Waals surface area (Å²) in [6, 6.07) is 4.59. The number of hydroxylamine groups is 1. The molecule has 0 aromatic heterocycles. The lowest BCUT2D eigenvalue weighted by atomic mass is 10.2. The Hall–Kier alpha value is -1.60. The first kappa shape index (κ1) is 12.5. The van der Waals surface area contributed by atoms with Crippen molar-refractivity contribution in [2.24, 2.45) is 0 Å². The third-order valence-electron chi connectivity index (χ3n) is 1.62. The summed E-state index contributed by atoms with van der Waals surface area (Å²) in [5.41, 5.74) is 8.25. The molecule has 0 radical (unpaired) electrons. The number of nitrogens with one attached hydrogen (secondary N) is 1. The fourth-order valence-electron chi connectivity index (χ4n) is 0.907. The maximum atomic E-state index is 11.4. The number of nitrogen functional groups attached to an aromatic ring is 1. The molecule has 0 spiro atoms. The molecule has 4 N–H and O–H groups in total. The van der Waals surface area contributed by atoms with Crippen LogP contribution in [0.5, 0.6) is 0 Å². The second-order valence-electron chi connectivity index (χ2n) is 2.85. The molecule has 0 atom stereocenters. The molecule has 0 bridgehead atoms. The lowest BCUT2D eigenvalue weighted by molar-refractivity contribution is -0.144. The van der Waals surface area contributed by atoms with Gasteiger partial charge in [-0.15, -0.1) is 0 Å². The number of nitrogens with two attached hydrogens (primary N) is 1. The number of carbonyl (C=O) groups is 2. The van der Waals surface area contributed by atoms with E-state index < -0.39 is 18.5 Å². The molecule has 1 rings (SSSR count). The van der Waals surface area contributed by atoms with Crippen LogP contribution in [0, 0.1) is 0 Å². The van der Waals surface area contributed by atoms with Crippen molar-refractivity contribution in [2.45, 2.75) is 0 Å². The highest BCUT2D eigenvalue weighted by atomic mass is 79.9. The van der Waals surface area contributed by atoms with Gasteiger partial charge in [0.1, 0.15) is 0 Å². The average molecular weight is 289 g/mol. The largest absolute Gasteiger partial charge is 0.479 e. The van der Waals surface area contributed by atoms with Crippen molar-refractivity contribution >= 4 is 33.5 Å². The van der Waals surface area contributed by atoms with Crippen LogP contribution in [0.15, 0.2) is 22.7 Å². The van der Waals surface area contributed by atoms with Crippen molar-refractivity contribution in [3.05, 3.63) is 28.2 Å². The summed E-state index contributed by atoms with van der Waals surface area (Å²) in [7, 11) is 0. The number of benzene rings is 1. The molecule has 1 aromatic carbocycles. The molecule has 0 fully saturated rings. The number of amides is 1. The molecule has 6 nitrogen and oxygen atoms in total. The Morgan fingerprint density at radius 3 is 2.75 bits per heavy atom. The van der Waals surface area contributed by atoms with Crippen LogP contribution in [0.4, 0.5) is 5.69 Å². The Balaban J connectivity index is 2.59. The maximum absolute atomic E-state index is 11.4. The molecule has 0 aliphatic rings. The van der Waals surface area contributed by atoms with Crippen LogP contribution in [-0.4, -0.2) is 23.6 Å². The van der Waals surface area contributed by atoms with Crippen molar-refractivity contribution in [1.82, 2.24) is 5.48 Å². The SMILES string of the molecule is Nc1cc(C(=O)NOCC(=O)O)ccc1Br. The first-order chi connectivity index (χ1) is 7.50. The second-order valence-corrected chi connectivity index (χ2v) is 3.70. The Kier molecular flexibility index (Phi) is 4.27. The van der Waals surface area contributed by atoms with Gasteiger partial charge >= 0.3 is 5.97 Å². The molecule has 16 heavy (non-hydrogen) atoms. The molecule has 1 amide bonds. The molecule has 1 aromatic rings. The third-order valence-corrected chi connectivity index (χ3v) is 2.34. The molecular formula is C9H9BrN2O4. The van der Waals surface area contributed by atoms with Crippen LogP contribution < -0.4 is 11.2 Å². The number of carboxylic acid groups (broad SMARTS) is 1. The van der Waals surface area contributed by atoms with Crippen molar-refractivity contribution < 1.29 is 19.5 Å². The molecule has 0 aliphatic carbocycles. The molecule has 0 aliphatic heterocycles. The van der Waals surface area contributed by atoms with Gasteiger partial charge in [0.05, 0.1) is 0 Å². The van der Waals surface area contributed by atoms with Gasteiger partial charge in [0.15, 0.2) is 6.61 Å². The molecule has 0 unspecified atom stereocenters. The van der Waals surface area contributed by atoms with Crippen molar-refractivity contribution in [3.63, 3.8) is 0 Å². The van der Waals surface area contributed by atoms with Crippen LogP contribution in [0.2, 0.25) is 0 Å². The van der Waals surface area contributed by atoms with Gasteiger partial charge in [0, 0.05) is 15.7 Å². The minimum atomic E-state index is -1.17. The van der Waals surface area contributed by atoms with Crippen molar-refractivity contribution in [2.75, 3.05) is 12.3 Å².